The van der Waals surface area contributed by atoms with Crippen LogP contribution in [0.15, 0.2) is 58.8 Å². The topological polar surface area (TPSA) is 76.2 Å². The lowest BCUT2D eigenvalue weighted by Crippen LogP contribution is -2.07. The summed E-state index contributed by atoms with van der Waals surface area (Å²) in [4.78, 5) is 11.9. The minimum absolute atomic E-state index is 0.0151. The molecule has 26 heavy (non-hydrogen) atoms. The molecule has 0 bridgehead atoms. The van der Waals surface area contributed by atoms with Crippen LogP contribution in [0.3, 0.4) is 0 Å². The highest BCUT2D eigenvalue weighted by Crippen LogP contribution is 2.40. The van der Waals surface area contributed by atoms with Crippen LogP contribution < -0.4 is 4.74 Å². The Morgan fingerprint density at radius 1 is 1.19 bits per heavy atom. The molecule has 1 heterocycles. The van der Waals surface area contributed by atoms with Crippen molar-refractivity contribution < 1.29 is 19.0 Å². The van der Waals surface area contributed by atoms with Crippen LogP contribution in [0.2, 0.25) is 0 Å². The monoisotopic (exact) mass is 355 g/mol. The maximum Gasteiger partial charge on any atom is 0.302 e. The lowest BCUT2D eigenvalue weighted by atomic mass is 10.2. The molecule has 1 N–H and O–H groups in total. The number of nitrogens with zero attached hydrogens (tertiary/aromatic N) is 3. The van der Waals surface area contributed by atoms with Crippen molar-refractivity contribution in [2.24, 2.45) is 10.2 Å². The van der Waals surface area contributed by atoms with Gasteiger partial charge in [-0.05, 0) is 44.2 Å². The Morgan fingerprint density at radius 3 is 2.58 bits per heavy atom. The molecule has 134 valence electrons. The highest BCUT2D eigenvalue weighted by Gasteiger charge is 2.18. The van der Waals surface area contributed by atoms with Gasteiger partial charge >= 0.3 is 5.91 Å². The zero-order valence-corrected chi connectivity index (χ0v) is 14.4. The van der Waals surface area contributed by atoms with Crippen LogP contribution in [0.25, 0.3) is 10.9 Å². The molecule has 0 spiro atoms. The molecule has 0 aliphatic carbocycles. The van der Waals surface area contributed by atoms with E-state index < -0.39 is 5.91 Å². The minimum Gasteiger partial charge on any atom is -0.493 e. The number of aromatic hydroxyl groups is 1. The van der Waals surface area contributed by atoms with E-state index >= 15 is 0 Å². The van der Waals surface area contributed by atoms with Gasteiger partial charge in [-0.25, -0.2) is 4.39 Å². The van der Waals surface area contributed by atoms with Crippen LogP contribution in [0, 0.1) is 5.82 Å². The van der Waals surface area contributed by atoms with Gasteiger partial charge in [0.1, 0.15) is 11.6 Å². The van der Waals surface area contributed by atoms with Crippen molar-refractivity contribution >= 4 is 22.5 Å². The highest BCUT2D eigenvalue weighted by atomic mass is 19.1. The molecule has 0 saturated carbocycles. The van der Waals surface area contributed by atoms with Gasteiger partial charge in [0.25, 0.3) is 0 Å². The van der Waals surface area contributed by atoms with E-state index in [0.717, 1.165) is 5.52 Å². The summed E-state index contributed by atoms with van der Waals surface area (Å²) in [5.74, 6) is -0.693. The van der Waals surface area contributed by atoms with Crippen molar-refractivity contribution in [2.45, 2.75) is 19.9 Å². The zero-order valence-electron chi connectivity index (χ0n) is 14.4. The number of hydrogen-bond donors (Lipinski definition) is 1. The summed E-state index contributed by atoms with van der Waals surface area (Å²) in [5.41, 5.74) is 1.05. The van der Waals surface area contributed by atoms with Crippen LogP contribution in [0.1, 0.15) is 19.9 Å². The number of rotatable bonds is 5. The fourth-order valence-corrected chi connectivity index (χ4v) is 2.66. The lowest BCUT2D eigenvalue weighted by molar-refractivity contribution is -0.120. The second kappa shape index (κ2) is 7.35. The van der Waals surface area contributed by atoms with Gasteiger partial charge in [-0.15, -0.1) is 10.2 Å². The summed E-state index contributed by atoms with van der Waals surface area (Å²) < 4.78 is 19.8. The third-order valence-electron chi connectivity index (χ3n) is 3.81. The minimum atomic E-state index is -0.616. The fourth-order valence-electron chi connectivity index (χ4n) is 2.66. The summed E-state index contributed by atoms with van der Waals surface area (Å²) in [5, 5.41) is 18.7. The molecule has 3 rings (SSSR count). The Morgan fingerprint density at radius 2 is 1.88 bits per heavy atom. The second-order valence-corrected chi connectivity index (χ2v) is 5.99. The van der Waals surface area contributed by atoms with Gasteiger partial charge in [0.05, 0.1) is 5.52 Å². The first kappa shape index (κ1) is 17.6. The lowest BCUT2D eigenvalue weighted by Gasteiger charge is -2.10. The van der Waals surface area contributed by atoms with Crippen LogP contribution in [0.4, 0.5) is 10.1 Å². The molecule has 7 heteroatoms. The summed E-state index contributed by atoms with van der Waals surface area (Å²) in [7, 11) is 0. The van der Waals surface area contributed by atoms with Crippen LogP contribution in [0.5, 0.6) is 11.6 Å². The molecule has 6 nitrogen and oxygen atoms in total. The van der Waals surface area contributed by atoms with Crippen molar-refractivity contribution in [2.75, 3.05) is 6.61 Å². The van der Waals surface area contributed by atoms with Gasteiger partial charge in [0.15, 0.2) is 12.3 Å². The maximum atomic E-state index is 12.8. The predicted octanol–water partition coefficient (Wildman–Crippen LogP) is 4.76. The van der Waals surface area contributed by atoms with E-state index in [9.17, 15) is 14.3 Å². The van der Waals surface area contributed by atoms with Gasteiger partial charge in [-0.1, -0.05) is 18.2 Å². The van der Waals surface area contributed by atoms with Crippen molar-refractivity contribution in [1.29, 1.82) is 0 Å². The van der Waals surface area contributed by atoms with E-state index in [-0.39, 0.29) is 30.0 Å². The Hall–Kier alpha value is -3.22. The second-order valence-electron chi connectivity index (χ2n) is 5.99. The predicted molar refractivity (Wildman–Crippen MR) is 95.4 cm³/mol. The van der Waals surface area contributed by atoms with Crippen LogP contribution in [-0.4, -0.2) is 22.2 Å². The van der Waals surface area contributed by atoms with Gasteiger partial charge in [-0.3, -0.25) is 4.79 Å². The molecule has 1 aromatic heterocycles. The third-order valence-corrected chi connectivity index (χ3v) is 3.81. The molecule has 0 unspecified atom stereocenters. The third kappa shape index (κ3) is 3.56. The molecule has 1 amide bonds. The summed E-state index contributed by atoms with van der Waals surface area (Å²) >= 11 is 0. The number of halogens is 1. The molecule has 0 atom stereocenters. The average Bonchev–Trinajstić information content (AvgIpc) is 2.91. The van der Waals surface area contributed by atoms with E-state index in [2.05, 4.69) is 10.2 Å². The molecule has 0 fully saturated rings. The summed E-state index contributed by atoms with van der Waals surface area (Å²) in [6, 6.07) is 12.7. The summed E-state index contributed by atoms with van der Waals surface area (Å²) in [6.45, 7) is 3.54. The number of azo groups is 1. The first-order valence-electron chi connectivity index (χ1n) is 8.12. The van der Waals surface area contributed by atoms with Crippen molar-refractivity contribution in [1.82, 2.24) is 4.57 Å². The van der Waals surface area contributed by atoms with Gasteiger partial charge in [-0.2, -0.15) is 0 Å². The molecule has 0 aliphatic heterocycles. The first-order chi connectivity index (χ1) is 12.5. The Kier molecular flexibility index (Phi) is 4.97. The largest absolute Gasteiger partial charge is 0.493 e. The standard InChI is InChI=1S/C19H18FN3O3/c1-12(2)23-16-6-4-3-5-15(16)18(19(23)25)22-21-17(24)11-26-14-9-7-13(20)8-10-14/h3-10,12,25H,11H2,1-2H3. The zero-order chi connectivity index (χ0) is 18.7. The van der Waals surface area contributed by atoms with Crippen LogP contribution in [-0.2, 0) is 4.79 Å². The molecule has 0 aliphatic rings. The van der Waals surface area contributed by atoms with E-state index in [4.69, 9.17) is 4.74 Å². The van der Waals surface area contributed by atoms with E-state index in [0.29, 0.717) is 11.1 Å². The number of carbonyl (C=O) groups is 1. The number of hydrogen-bond acceptors (Lipinski definition) is 4. The normalized spacial score (nSPS) is 11.5. The van der Waals surface area contributed by atoms with Crippen molar-refractivity contribution in [3.8, 4) is 11.6 Å². The molecule has 2 aromatic carbocycles. The maximum absolute atomic E-state index is 12.8. The molecule has 3 aromatic rings. The number of fused-ring (bicyclic) bond motifs is 1. The van der Waals surface area contributed by atoms with E-state index in [1.54, 1.807) is 4.57 Å². The highest BCUT2D eigenvalue weighted by molar-refractivity contribution is 5.95. The van der Waals surface area contributed by atoms with Gasteiger partial charge in [0.2, 0.25) is 5.88 Å². The number of para-hydroxylation sites is 1. The Labute approximate surface area is 149 Å². The Balaban J connectivity index is 1.78. The smallest absolute Gasteiger partial charge is 0.302 e. The number of benzene rings is 2. The SMILES string of the molecule is CC(C)n1c(O)c(N=NC(=O)COc2ccc(F)cc2)c2ccccc21. The number of aromatic nitrogens is 1. The number of ether oxygens (including phenoxy) is 1. The number of amides is 1. The van der Waals surface area contributed by atoms with Crippen LogP contribution >= 0.6 is 0 Å². The quantitative estimate of drug-likeness (QED) is 0.671. The van der Waals surface area contributed by atoms with Crippen molar-refractivity contribution in [3.63, 3.8) is 0 Å². The van der Waals surface area contributed by atoms with Gasteiger partial charge < -0.3 is 14.4 Å². The molecular weight excluding hydrogens is 337 g/mol. The Bertz CT molecular complexity index is 962. The fraction of sp³-hybridized carbons (Fsp3) is 0.211. The molecular formula is C19H18FN3O3. The first-order valence-corrected chi connectivity index (χ1v) is 8.12. The van der Waals surface area contributed by atoms with E-state index in [1.807, 2.05) is 38.1 Å². The van der Waals surface area contributed by atoms with Crippen molar-refractivity contribution in [3.05, 3.63) is 54.3 Å². The molecule has 0 radical (unpaired) electrons. The molecule has 0 saturated heterocycles. The number of carbonyl (C=O) groups excluding carboxylic acids is 1. The summed E-state index contributed by atoms with van der Waals surface area (Å²) in [6.07, 6.45) is 0. The average molecular weight is 355 g/mol. The van der Waals surface area contributed by atoms with E-state index in [1.165, 1.54) is 24.3 Å². The van der Waals surface area contributed by atoms with Gasteiger partial charge in [0, 0.05) is 11.4 Å².